The van der Waals surface area contributed by atoms with Crippen LogP contribution in [0.3, 0.4) is 0 Å². The number of furan rings is 1. The Morgan fingerprint density at radius 2 is 2.46 bits per heavy atom. The summed E-state index contributed by atoms with van der Waals surface area (Å²) in [6.07, 6.45) is 1.67. The van der Waals surface area contributed by atoms with E-state index in [1.807, 2.05) is 19.9 Å². The van der Waals surface area contributed by atoms with Crippen molar-refractivity contribution >= 4 is 15.9 Å². The highest BCUT2D eigenvalue weighted by Gasteiger charge is 2.10. The minimum atomic E-state index is 0.185. The lowest BCUT2D eigenvalue weighted by Gasteiger charge is -2.08. The Hall–Kier alpha value is -0.720. The molecule has 1 aromatic rings. The van der Waals surface area contributed by atoms with Gasteiger partial charge in [0.25, 0.3) is 0 Å². The van der Waals surface area contributed by atoms with Gasteiger partial charge in [0, 0.05) is 0 Å². The number of halogens is 1. The lowest BCUT2D eigenvalue weighted by atomic mass is 10.2. The predicted octanol–water partition coefficient (Wildman–Crippen LogP) is 2.72. The summed E-state index contributed by atoms with van der Waals surface area (Å²) in [5.41, 5.74) is 0. The third kappa shape index (κ3) is 2.91. The van der Waals surface area contributed by atoms with E-state index in [1.54, 1.807) is 6.26 Å². The Bertz CT molecular complexity index is 321. The Labute approximate surface area is 86.8 Å². The van der Waals surface area contributed by atoms with Crippen LogP contribution in [0.1, 0.15) is 25.6 Å². The molecule has 0 fully saturated rings. The Balaban J connectivity index is 2.52. The molecule has 1 N–H and O–H groups in total. The number of hydrogen-bond donors (Lipinski definition) is 1. The molecule has 13 heavy (non-hydrogen) atoms. The van der Waals surface area contributed by atoms with E-state index in [0.29, 0.717) is 6.54 Å². The molecule has 0 aliphatic carbocycles. The second-order valence-electron chi connectivity index (χ2n) is 2.66. The Morgan fingerprint density at radius 3 is 3.00 bits per heavy atom. The van der Waals surface area contributed by atoms with Crippen molar-refractivity contribution in [1.82, 2.24) is 5.32 Å². The molecule has 0 bridgehead atoms. The van der Waals surface area contributed by atoms with Crippen molar-refractivity contribution in [2.45, 2.75) is 19.9 Å². The van der Waals surface area contributed by atoms with Crippen LogP contribution in [0.15, 0.2) is 21.2 Å². The van der Waals surface area contributed by atoms with Gasteiger partial charge in [0.05, 0.1) is 23.3 Å². The molecule has 70 valence electrons. The fourth-order valence-electron chi connectivity index (χ4n) is 1.000. The van der Waals surface area contributed by atoms with Crippen molar-refractivity contribution in [1.29, 1.82) is 0 Å². The summed E-state index contributed by atoms with van der Waals surface area (Å²) in [5.74, 6) is 6.69. The van der Waals surface area contributed by atoms with Crippen molar-refractivity contribution in [3.05, 3.63) is 22.6 Å². The minimum absolute atomic E-state index is 0.185. The molecule has 0 aliphatic rings. The monoisotopic (exact) mass is 241 g/mol. The SMILES string of the molecule is CC#CCNC(C)c1occc1Br. The fourth-order valence-corrected chi connectivity index (χ4v) is 1.54. The molecule has 2 nitrogen and oxygen atoms in total. The van der Waals surface area contributed by atoms with Crippen molar-refractivity contribution in [3.8, 4) is 11.8 Å². The van der Waals surface area contributed by atoms with E-state index in [4.69, 9.17) is 4.42 Å². The van der Waals surface area contributed by atoms with Gasteiger partial charge in [0.2, 0.25) is 0 Å². The molecular formula is C10H12BrNO. The molecule has 1 aromatic heterocycles. The lowest BCUT2D eigenvalue weighted by molar-refractivity contribution is 0.440. The summed E-state index contributed by atoms with van der Waals surface area (Å²) in [5, 5.41) is 3.23. The summed E-state index contributed by atoms with van der Waals surface area (Å²) >= 11 is 3.41. The third-order valence-corrected chi connectivity index (χ3v) is 2.37. The topological polar surface area (TPSA) is 25.2 Å². The van der Waals surface area contributed by atoms with Crippen LogP contribution in [0.5, 0.6) is 0 Å². The third-order valence-electron chi connectivity index (χ3n) is 1.71. The van der Waals surface area contributed by atoms with Gasteiger partial charge in [0.1, 0.15) is 5.76 Å². The van der Waals surface area contributed by atoms with Gasteiger partial charge in [-0.3, -0.25) is 5.32 Å². The van der Waals surface area contributed by atoms with Crippen molar-refractivity contribution in [3.63, 3.8) is 0 Å². The molecule has 0 aromatic carbocycles. The van der Waals surface area contributed by atoms with Gasteiger partial charge in [-0.05, 0) is 35.8 Å². The molecule has 0 aliphatic heterocycles. The van der Waals surface area contributed by atoms with Crippen LogP contribution in [0.2, 0.25) is 0 Å². The van der Waals surface area contributed by atoms with Crippen molar-refractivity contribution < 1.29 is 4.42 Å². The highest BCUT2D eigenvalue weighted by atomic mass is 79.9. The highest BCUT2D eigenvalue weighted by Crippen LogP contribution is 2.23. The summed E-state index contributed by atoms with van der Waals surface area (Å²) in [7, 11) is 0. The van der Waals surface area contributed by atoms with E-state index in [1.165, 1.54) is 0 Å². The van der Waals surface area contributed by atoms with Crippen LogP contribution < -0.4 is 5.32 Å². The standard InChI is InChI=1S/C10H12BrNO/c1-3-4-6-12-8(2)10-9(11)5-7-13-10/h5,7-8,12H,6H2,1-2H3. The van der Waals surface area contributed by atoms with E-state index >= 15 is 0 Å². The normalized spacial score (nSPS) is 11.9. The van der Waals surface area contributed by atoms with Crippen LogP contribution in [0.4, 0.5) is 0 Å². The van der Waals surface area contributed by atoms with E-state index in [2.05, 4.69) is 33.1 Å². The molecule has 3 heteroatoms. The van der Waals surface area contributed by atoms with Gasteiger partial charge in [0.15, 0.2) is 0 Å². The van der Waals surface area contributed by atoms with E-state index in [-0.39, 0.29) is 6.04 Å². The molecule has 0 spiro atoms. The van der Waals surface area contributed by atoms with Gasteiger partial charge < -0.3 is 4.42 Å². The van der Waals surface area contributed by atoms with Crippen LogP contribution >= 0.6 is 15.9 Å². The molecule has 1 unspecified atom stereocenters. The first-order valence-electron chi connectivity index (χ1n) is 4.11. The molecule has 1 rings (SSSR count). The van der Waals surface area contributed by atoms with Crippen LogP contribution in [0, 0.1) is 11.8 Å². The first-order chi connectivity index (χ1) is 6.25. The maximum absolute atomic E-state index is 5.30. The van der Waals surface area contributed by atoms with E-state index in [9.17, 15) is 0 Å². The Kier molecular flexibility index (Phi) is 4.07. The van der Waals surface area contributed by atoms with Crippen LogP contribution in [-0.2, 0) is 0 Å². The van der Waals surface area contributed by atoms with Gasteiger partial charge in [-0.1, -0.05) is 5.92 Å². The summed E-state index contributed by atoms with van der Waals surface area (Å²) < 4.78 is 6.30. The van der Waals surface area contributed by atoms with Gasteiger partial charge in [-0.15, -0.1) is 5.92 Å². The van der Waals surface area contributed by atoms with Gasteiger partial charge in [-0.25, -0.2) is 0 Å². The summed E-state index contributed by atoms with van der Waals surface area (Å²) in [4.78, 5) is 0. The second kappa shape index (κ2) is 5.11. The molecule has 1 atom stereocenters. The number of rotatable bonds is 3. The quantitative estimate of drug-likeness (QED) is 0.824. The maximum atomic E-state index is 5.30. The van der Waals surface area contributed by atoms with E-state index in [0.717, 1.165) is 10.2 Å². The van der Waals surface area contributed by atoms with Crippen molar-refractivity contribution in [2.75, 3.05) is 6.54 Å². The lowest BCUT2D eigenvalue weighted by Crippen LogP contribution is -2.18. The average molecular weight is 242 g/mol. The van der Waals surface area contributed by atoms with Gasteiger partial charge in [-0.2, -0.15) is 0 Å². The van der Waals surface area contributed by atoms with Gasteiger partial charge >= 0.3 is 0 Å². The molecule has 0 amide bonds. The first-order valence-corrected chi connectivity index (χ1v) is 4.91. The molecule has 0 saturated heterocycles. The van der Waals surface area contributed by atoms with Crippen LogP contribution in [-0.4, -0.2) is 6.54 Å². The van der Waals surface area contributed by atoms with E-state index < -0.39 is 0 Å². The predicted molar refractivity (Wildman–Crippen MR) is 56.3 cm³/mol. The zero-order valence-corrected chi connectivity index (χ0v) is 9.31. The smallest absolute Gasteiger partial charge is 0.134 e. The summed E-state index contributed by atoms with van der Waals surface area (Å²) in [6, 6.07) is 2.07. The minimum Gasteiger partial charge on any atom is -0.466 e. The Morgan fingerprint density at radius 1 is 1.69 bits per heavy atom. The fraction of sp³-hybridized carbons (Fsp3) is 0.400. The highest BCUT2D eigenvalue weighted by molar-refractivity contribution is 9.10. The zero-order chi connectivity index (χ0) is 9.68. The largest absolute Gasteiger partial charge is 0.466 e. The number of nitrogens with one attached hydrogen (secondary N) is 1. The molecule has 1 heterocycles. The van der Waals surface area contributed by atoms with Crippen LogP contribution in [0.25, 0.3) is 0 Å². The molecule has 0 saturated carbocycles. The summed E-state index contributed by atoms with van der Waals surface area (Å²) in [6.45, 7) is 4.56. The average Bonchev–Trinajstić information content (AvgIpc) is 2.52. The molecular weight excluding hydrogens is 230 g/mol. The maximum Gasteiger partial charge on any atom is 0.134 e. The molecule has 0 radical (unpaired) electrons. The van der Waals surface area contributed by atoms with Crippen molar-refractivity contribution in [2.24, 2.45) is 0 Å². The second-order valence-corrected chi connectivity index (χ2v) is 3.52. The number of hydrogen-bond acceptors (Lipinski definition) is 2. The first kappa shape index (κ1) is 10.4. The zero-order valence-electron chi connectivity index (χ0n) is 7.73.